The standard InChI is InChI=1S/C13H15N5S/c1-15-13(9-14)6-5-10(8-13)19-12-17-16-11-4-2-3-7-18(11)12/h2-4,7,10,15H,5-6,8H2,1H3. The predicted molar refractivity (Wildman–Crippen MR) is 73.9 cm³/mol. The first kappa shape index (κ1) is 12.5. The van der Waals surface area contributed by atoms with Crippen LogP contribution in [0.2, 0.25) is 0 Å². The van der Waals surface area contributed by atoms with Gasteiger partial charge in [0, 0.05) is 11.4 Å². The molecule has 1 fully saturated rings. The summed E-state index contributed by atoms with van der Waals surface area (Å²) in [6, 6.07) is 8.28. The van der Waals surface area contributed by atoms with Gasteiger partial charge in [0.1, 0.15) is 5.54 Å². The first-order valence-electron chi connectivity index (χ1n) is 6.33. The second-order valence-corrected chi connectivity index (χ2v) is 6.11. The molecule has 19 heavy (non-hydrogen) atoms. The van der Waals surface area contributed by atoms with E-state index in [-0.39, 0.29) is 5.54 Å². The second-order valence-electron chi connectivity index (χ2n) is 4.84. The smallest absolute Gasteiger partial charge is 0.195 e. The van der Waals surface area contributed by atoms with Gasteiger partial charge in [-0.05, 0) is 38.4 Å². The molecular weight excluding hydrogens is 258 g/mol. The summed E-state index contributed by atoms with van der Waals surface area (Å²) in [5.74, 6) is 0. The van der Waals surface area contributed by atoms with E-state index in [1.54, 1.807) is 11.8 Å². The van der Waals surface area contributed by atoms with Gasteiger partial charge in [0.05, 0.1) is 6.07 Å². The molecule has 0 aromatic carbocycles. The van der Waals surface area contributed by atoms with Crippen LogP contribution in [0.15, 0.2) is 29.6 Å². The van der Waals surface area contributed by atoms with Crippen molar-refractivity contribution < 1.29 is 0 Å². The third kappa shape index (κ3) is 2.20. The maximum Gasteiger partial charge on any atom is 0.195 e. The fraction of sp³-hybridized carbons (Fsp3) is 0.462. The zero-order valence-electron chi connectivity index (χ0n) is 10.7. The molecule has 1 aliphatic rings. The topological polar surface area (TPSA) is 66.0 Å². The van der Waals surface area contributed by atoms with Crippen LogP contribution in [0.25, 0.3) is 5.65 Å². The number of thioether (sulfide) groups is 1. The number of hydrogen-bond donors (Lipinski definition) is 1. The Hall–Kier alpha value is -1.58. The molecule has 98 valence electrons. The first-order chi connectivity index (χ1) is 9.26. The minimum absolute atomic E-state index is 0.363. The minimum atomic E-state index is -0.363. The number of rotatable bonds is 3. The van der Waals surface area contributed by atoms with E-state index >= 15 is 0 Å². The summed E-state index contributed by atoms with van der Waals surface area (Å²) in [7, 11) is 1.86. The van der Waals surface area contributed by atoms with Crippen molar-refractivity contribution in [2.24, 2.45) is 0 Å². The monoisotopic (exact) mass is 273 g/mol. The molecule has 5 nitrogen and oxygen atoms in total. The van der Waals surface area contributed by atoms with Gasteiger partial charge >= 0.3 is 0 Å². The largest absolute Gasteiger partial charge is 0.302 e. The normalized spacial score (nSPS) is 26.6. The lowest BCUT2D eigenvalue weighted by Gasteiger charge is -2.19. The Morgan fingerprint density at radius 3 is 3.16 bits per heavy atom. The molecule has 2 heterocycles. The van der Waals surface area contributed by atoms with E-state index in [1.165, 1.54) is 0 Å². The third-order valence-corrected chi connectivity index (χ3v) is 4.94. The minimum Gasteiger partial charge on any atom is -0.302 e. The van der Waals surface area contributed by atoms with Crippen LogP contribution in [-0.4, -0.2) is 32.4 Å². The molecule has 1 aliphatic carbocycles. The molecule has 2 atom stereocenters. The quantitative estimate of drug-likeness (QED) is 0.924. The summed E-state index contributed by atoms with van der Waals surface area (Å²) in [6.45, 7) is 0. The maximum absolute atomic E-state index is 9.28. The SMILES string of the molecule is CNC1(C#N)CCC(Sc2nnc3ccccn23)C1. The van der Waals surface area contributed by atoms with Crippen molar-refractivity contribution in [3.05, 3.63) is 24.4 Å². The zero-order chi connectivity index (χ0) is 13.3. The van der Waals surface area contributed by atoms with Gasteiger partial charge in [0.25, 0.3) is 0 Å². The van der Waals surface area contributed by atoms with E-state index in [9.17, 15) is 5.26 Å². The van der Waals surface area contributed by atoms with Crippen molar-refractivity contribution in [2.45, 2.75) is 35.2 Å². The fourth-order valence-corrected chi connectivity index (χ4v) is 3.79. The van der Waals surface area contributed by atoms with Gasteiger partial charge in [-0.25, -0.2) is 0 Å². The van der Waals surface area contributed by atoms with Crippen molar-refractivity contribution >= 4 is 17.4 Å². The summed E-state index contributed by atoms with van der Waals surface area (Å²) in [6.07, 6.45) is 4.75. The van der Waals surface area contributed by atoms with E-state index in [4.69, 9.17) is 0 Å². The molecule has 2 aromatic rings. The molecule has 6 heteroatoms. The van der Waals surface area contributed by atoms with Gasteiger partial charge in [-0.2, -0.15) is 5.26 Å². The van der Waals surface area contributed by atoms with Crippen molar-refractivity contribution in [3.63, 3.8) is 0 Å². The molecule has 2 unspecified atom stereocenters. The highest BCUT2D eigenvalue weighted by molar-refractivity contribution is 7.99. The van der Waals surface area contributed by atoms with Gasteiger partial charge in [-0.15, -0.1) is 10.2 Å². The third-order valence-electron chi connectivity index (χ3n) is 3.72. The maximum atomic E-state index is 9.28. The van der Waals surface area contributed by atoms with Crippen LogP contribution < -0.4 is 5.32 Å². The highest BCUT2D eigenvalue weighted by Crippen LogP contribution is 2.39. The Kier molecular flexibility index (Phi) is 3.17. The number of aromatic nitrogens is 3. The van der Waals surface area contributed by atoms with E-state index in [0.29, 0.717) is 5.25 Å². The zero-order valence-corrected chi connectivity index (χ0v) is 11.5. The summed E-state index contributed by atoms with van der Waals surface area (Å²) in [5, 5.41) is 22.1. The number of hydrogen-bond acceptors (Lipinski definition) is 5. The van der Waals surface area contributed by atoms with Crippen molar-refractivity contribution in [1.29, 1.82) is 5.26 Å². The molecule has 0 saturated heterocycles. The number of fused-ring (bicyclic) bond motifs is 1. The van der Waals surface area contributed by atoms with Gasteiger partial charge in [-0.3, -0.25) is 4.40 Å². The van der Waals surface area contributed by atoms with E-state index in [0.717, 1.165) is 30.1 Å². The van der Waals surface area contributed by atoms with Crippen LogP contribution in [0.1, 0.15) is 19.3 Å². The lowest BCUT2D eigenvalue weighted by Crippen LogP contribution is -2.38. The molecule has 1 saturated carbocycles. The van der Waals surface area contributed by atoms with Crippen molar-refractivity contribution in [1.82, 2.24) is 19.9 Å². The first-order valence-corrected chi connectivity index (χ1v) is 7.21. The van der Waals surface area contributed by atoms with E-state index in [2.05, 4.69) is 21.6 Å². The second kappa shape index (κ2) is 4.83. The van der Waals surface area contributed by atoms with Gasteiger partial charge < -0.3 is 5.32 Å². The van der Waals surface area contributed by atoms with Crippen LogP contribution >= 0.6 is 11.8 Å². The van der Waals surface area contributed by atoms with Crippen LogP contribution in [-0.2, 0) is 0 Å². The molecule has 2 aromatic heterocycles. The molecule has 3 rings (SSSR count). The molecule has 0 bridgehead atoms. The van der Waals surface area contributed by atoms with Gasteiger partial charge in [-0.1, -0.05) is 17.8 Å². The van der Waals surface area contributed by atoms with E-state index in [1.807, 2.05) is 35.8 Å². The highest BCUT2D eigenvalue weighted by atomic mass is 32.2. The van der Waals surface area contributed by atoms with Crippen LogP contribution in [0.5, 0.6) is 0 Å². The van der Waals surface area contributed by atoms with Crippen molar-refractivity contribution in [3.8, 4) is 6.07 Å². The molecule has 0 spiro atoms. The fourth-order valence-electron chi connectivity index (χ4n) is 2.53. The van der Waals surface area contributed by atoms with E-state index < -0.39 is 0 Å². The molecular formula is C13H15N5S. The highest BCUT2D eigenvalue weighted by Gasteiger charge is 2.39. The summed E-state index contributed by atoms with van der Waals surface area (Å²) >= 11 is 1.72. The Bertz CT molecular complexity index is 631. The summed E-state index contributed by atoms with van der Waals surface area (Å²) in [4.78, 5) is 0. The lowest BCUT2D eigenvalue weighted by atomic mass is 10.0. The summed E-state index contributed by atoms with van der Waals surface area (Å²) in [5.41, 5.74) is 0.501. The molecule has 0 amide bonds. The van der Waals surface area contributed by atoms with Gasteiger partial charge in [0.15, 0.2) is 10.8 Å². The Morgan fingerprint density at radius 1 is 1.53 bits per heavy atom. The van der Waals surface area contributed by atoms with Crippen molar-refractivity contribution in [2.75, 3.05) is 7.05 Å². The lowest BCUT2D eigenvalue weighted by molar-refractivity contribution is 0.464. The average Bonchev–Trinajstić information content (AvgIpc) is 3.05. The molecule has 0 radical (unpaired) electrons. The van der Waals surface area contributed by atoms with Gasteiger partial charge in [0.2, 0.25) is 0 Å². The predicted octanol–water partition coefficient (Wildman–Crippen LogP) is 1.86. The number of nitrogens with zero attached hydrogens (tertiary/aromatic N) is 4. The molecule has 0 aliphatic heterocycles. The van der Waals surface area contributed by atoms with Crippen LogP contribution in [0.4, 0.5) is 0 Å². The van der Waals surface area contributed by atoms with Crippen LogP contribution in [0.3, 0.4) is 0 Å². The summed E-state index contributed by atoms with van der Waals surface area (Å²) < 4.78 is 2.00. The number of nitriles is 1. The Labute approximate surface area is 116 Å². The average molecular weight is 273 g/mol. The number of pyridine rings is 1. The molecule has 1 N–H and O–H groups in total. The Morgan fingerprint density at radius 2 is 2.42 bits per heavy atom. The Balaban J connectivity index is 1.78. The number of nitrogens with one attached hydrogen (secondary N) is 1. The van der Waals surface area contributed by atoms with Crippen LogP contribution in [0, 0.1) is 11.3 Å².